The molecule has 0 N–H and O–H groups in total. The lowest BCUT2D eigenvalue weighted by Gasteiger charge is -2.29. The third kappa shape index (κ3) is 3.58. The number of anilines is 1. The van der Waals surface area contributed by atoms with E-state index in [1.165, 1.54) is 4.90 Å². The maximum atomic E-state index is 13.4. The SMILES string of the molecule is CC(C)(C)c1ccc(N2C(=O)C(c3ccccc3)=C(N3CCOCC3)C2=O)cc1. The number of ether oxygens (including phenoxy) is 1. The summed E-state index contributed by atoms with van der Waals surface area (Å²) in [5, 5.41) is 0. The number of imide groups is 1. The van der Waals surface area contributed by atoms with Gasteiger partial charge in [-0.05, 0) is 28.7 Å². The van der Waals surface area contributed by atoms with Gasteiger partial charge >= 0.3 is 0 Å². The van der Waals surface area contributed by atoms with Crippen molar-refractivity contribution in [1.82, 2.24) is 4.90 Å². The van der Waals surface area contributed by atoms with Crippen LogP contribution in [0, 0.1) is 0 Å². The molecule has 0 atom stereocenters. The van der Waals surface area contributed by atoms with Gasteiger partial charge in [0.2, 0.25) is 0 Å². The van der Waals surface area contributed by atoms with Gasteiger partial charge in [0.05, 0.1) is 24.5 Å². The number of amides is 2. The van der Waals surface area contributed by atoms with Gasteiger partial charge in [-0.25, -0.2) is 4.90 Å². The second kappa shape index (κ2) is 7.48. The third-order valence-electron chi connectivity index (χ3n) is 5.44. The zero-order valence-electron chi connectivity index (χ0n) is 17.1. The van der Waals surface area contributed by atoms with Gasteiger partial charge in [-0.15, -0.1) is 0 Å². The molecule has 2 aliphatic rings. The zero-order chi connectivity index (χ0) is 20.6. The van der Waals surface area contributed by atoms with Crippen molar-refractivity contribution in [3.63, 3.8) is 0 Å². The Kier molecular flexibility index (Phi) is 5.01. The van der Waals surface area contributed by atoms with E-state index in [2.05, 4.69) is 20.8 Å². The third-order valence-corrected chi connectivity index (χ3v) is 5.44. The molecule has 0 unspecified atom stereocenters. The predicted molar refractivity (Wildman–Crippen MR) is 113 cm³/mol. The van der Waals surface area contributed by atoms with Crippen LogP contribution in [0.1, 0.15) is 31.9 Å². The first kappa shape index (κ1) is 19.4. The summed E-state index contributed by atoms with van der Waals surface area (Å²) in [5.41, 5.74) is 3.47. The molecule has 2 aromatic carbocycles. The lowest BCUT2D eigenvalue weighted by Crippen LogP contribution is -2.40. The fourth-order valence-electron chi connectivity index (χ4n) is 3.81. The van der Waals surface area contributed by atoms with Crippen molar-refractivity contribution in [3.8, 4) is 0 Å². The van der Waals surface area contributed by atoms with Crippen molar-refractivity contribution in [2.75, 3.05) is 31.2 Å². The number of hydrogen-bond acceptors (Lipinski definition) is 4. The Morgan fingerprint density at radius 2 is 1.45 bits per heavy atom. The molecular formula is C24H26N2O3. The molecule has 0 spiro atoms. The van der Waals surface area contributed by atoms with E-state index in [0.717, 1.165) is 11.1 Å². The first-order valence-electron chi connectivity index (χ1n) is 9.99. The van der Waals surface area contributed by atoms with E-state index < -0.39 is 0 Å². The molecule has 2 aromatic rings. The number of carbonyl (C=O) groups excluding carboxylic acids is 2. The monoisotopic (exact) mass is 390 g/mol. The molecule has 2 aliphatic heterocycles. The van der Waals surface area contributed by atoms with Crippen LogP contribution in [0.25, 0.3) is 5.57 Å². The predicted octanol–water partition coefficient (Wildman–Crippen LogP) is 3.60. The molecule has 1 saturated heterocycles. The molecule has 150 valence electrons. The Morgan fingerprint density at radius 3 is 2.03 bits per heavy atom. The Labute approximate surface area is 171 Å². The number of morpholine rings is 1. The standard InChI is InChI=1S/C24H26N2O3/c1-24(2,3)18-9-11-19(12-10-18)26-22(27)20(17-7-5-4-6-8-17)21(23(26)28)25-13-15-29-16-14-25/h4-12H,13-16H2,1-3H3. The maximum absolute atomic E-state index is 13.4. The fourth-order valence-corrected chi connectivity index (χ4v) is 3.81. The molecule has 4 rings (SSSR count). The number of carbonyl (C=O) groups is 2. The van der Waals surface area contributed by atoms with Crippen molar-refractivity contribution in [1.29, 1.82) is 0 Å². The van der Waals surface area contributed by atoms with Gasteiger partial charge in [-0.1, -0.05) is 63.2 Å². The summed E-state index contributed by atoms with van der Waals surface area (Å²) < 4.78 is 5.44. The van der Waals surface area contributed by atoms with Gasteiger partial charge in [-0.2, -0.15) is 0 Å². The van der Waals surface area contributed by atoms with Crippen LogP contribution in [0.3, 0.4) is 0 Å². The summed E-state index contributed by atoms with van der Waals surface area (Å²) in [6.45, 7) is 8.71. The Hall–Kier alpha value is -2.92. The first-order chi connectivity index (χ1) is 13.9. The molecule has 29 heavy (non-hydrogen) atoms. The molecule has 2 heterocycles. The highest BCUT2D eigenvalue weighted by atomic mass is 16.5. The van der Waals surface area contributed by atoms with Crippen LogP contribution in [0.15, 0.2) is 60.3 Å². The summed E-state index contributed by atoms with van der Waals surface area (Å²) in [6.07, 6.45) is 0. The molecule has 2 amide bonds. The van der Waals surface area contributed by atoms with Gasteiger partial charge in [0.1, 0.15) is 5.70 Å². The van der Waals surface area contributed by atoms with Crippen LogP contribution >= 0.6 is 0 Å². The number of rotatable bonds is 3. The summed E-state index contributed by atoms with van der Waals surface area (Å²) in [6, 6.07) is 17.1. The van der Waals surface area contributed by atoms with E-state index >= 15 is 0 Å². The fraction of sp³-hybridized carbons (Fsp3) is 0.333. The molecule has 0 aromatic heterocycles. The van der Waals surface area contributed by atoms with Crippen LogP contribution in [-0.2, 0) is 19.7 Å². The topological polar surface area (TPSA) is 49.9 Å². The van der Waals surface area contributed by atoms with Gasteiger partial charge in [0.15, 0.2) is 0 Å². The minimum Gasteiger partial charge on any atom is -0.378 e. The molecule has 5 nitrogen and oxygen atoms in total. The van der Waals surface area contributed by atoms with Crippen LogP contribution < -0.4 is 4.90 Å². The number of benzene rings is 2. The van der Waals surface area contributed by atoms with Crippen molar-refractivity contribution >= 4 is 23.1 Å². The van der Waals surface area contributed by atoms with Gasteiger partial charge in [-0.3, -0.25) is 9.59 Å². The van der Waals surface area contributed by atoms with Crippen molar-refractivity contribution in [2.45, 2.75) is 26.2 Å². The number of nitrogens with zero attached hydrogens (tertiary/aromatic N) is 2. The lowest BCUT2D eigenvalue weighted by atomic mass is 9.87. The number of hydrogen-bond donors (Lipinski definition) is 0. The summed E-state index contributed by atoms with van der Waals surface area (Å²) >= 11 is 0. The van der Waals surface area contributed by atoms with Gasteiger partial charge < -0.3 is 9.64 Å². The van der Waals surface area contributed by atoms with E-state index in [4.69, 9.17) is 4.74 Å². The Bertz CT molecular complexity index is 950. The molecule has 0 bridgehead atoms. The second-order valence-corrected chi connectivity index (χ2v) is 8.43. The highest BCUT2D eigenvalue weighted by Crippen LogP contribution is 2.35. The highest BCUT2D eigenvalue weighted by Gasteiger charge is 2.42. The van der Waals surface area contributed by atoms with E-state index in [-0.39, 0.29) is 17.2 Å². The Balaban J connectivity index is 1.76. The van der Waals surface area contributed by atoms with Crippen molar-refractivity contribution in [3.05, 3.63) is 71.4 Å². The van der Waals surface area contributed by atoms with Crippen LogP contribution in [0.4, 0.5) is 5.69 Å². The van der Waals surface area contributed by atoms with Crippen LogP contribution in [0.5, 0.6) is 0 Å². The minimum absolute atomic E-state index is 0.00394. The summed E-state index contributed by atoms with van der Waals surface area (Å²) in [4.78, 5) is 30.2. The van der Waals surface area contributed by atoms with E-state index in [9.17, 15) is 9.59 Å². The average Bonchev–Trinajstić information content (AvgIpc) is 2.99. The smallest absolute Gasteiger partial charge is 0.282 e. The molecule has 0 aliphatic carbocycles. The quantitative estimate of drug-likeness (QED) is 0.752. The average molecular weight is 390 g/mol. The van der Waals surface area contributed by atoms with Crippen LogP contribution in [0.2, 0.25) is 0 Å². The molecule has 0 saturated carbocycles. The molecule has 0 radical (unpaired) electrons. The second-order valence-electron chi connectivity index (χ2n) is 8.43. The van der Waals surface area contributed by atoms with Crippen molar-refractivity contribution in [2.24, 2.45) is 0 Å². The lowest BCUT2D eigenvalue weighted by molar-refractivity contribution is -0.121. The van der Waals surface area contributed by atoms with E-state index in [1.54, 1.807) is 0 Å². The van der Waals surface area contributed by atoms with Gasteiger partial charge in [0, 0.05) is 13.1 Å². The minimum atomic E-state index is -0.272. The van der Waals surface area contributed by atoms with Gasteiger partial charge in [0.25, 0.3) is 11.8 Å². The Morgan fingerprint density at radius 1 is 0.828 bits per heavy atom. The highest BCUT2D eigenvalue weighted by molar-refractivity contribution is 6.45. The van der Waals surface area contributed by atoms with E-state index in [0.29, 0.717) is 43.3 Å². The largest absolute Gasteiger partial charge is 0.378 e. The molecular weight excluding hydrogens is 364 g/mol. The first-order valence-corrected chi connectivity index (χ1v) is 9.99. The molecule has 1 fully saturated rings. The maximum Gasteiger partial charge on any atom is 0.282 e. The zero-order valence-corrected chi connectivity index (χ0v) is 17.1. The summed E-state index contributed by atoms with van der Waals surface area (Å²) in [5.74, 6) is -0.537. The van der Waals surface area contributed by atoms with Crippen molar-refractivity contribution < 1.29 is 14.3 Å². The normalized spacial score (nSPS) is 18.0. The van der Waals surface area contributed by atoms with Crippen LogP contribution in [-0.4, -0.2) is 43.0 Å². The summed E-state index contributed by atoms with van der Waals surface area (Å²) in [7, 11) is 0. The van der Waals surface area contributed by atoms with E-state index in [1.807, 2.05) is 59.5 Å². The molecule has 5 heteroatoms.